The van der Waals surface area contributed by atoms with E-state index in [1.807, 2.05) is 13.0 Å². The summed E-state index contributed by atoms with van der Waals surface area (Å²) in [7, 11) is 1.44. The van der Waals surface area contributed by atoms with Gasteiger partial charge in [-0.05, 0) is 54.7 Å². The number of rotatable bonds is 7. The third-order valence-corrected chi connectivity index (χ3v) is 4.37. The second kappa shape index (κ2) is 8.59. The molecule has 1 aromatic carbocycles. The Morgan fingerprint density at radius 3 is 2.59 bits per heavy atom. The van der Waals surface area contributed by atoms with Crippen LogP contribution in [0.2, 0.25) is 5.02 Å². The summed E-state index contributed by atoms with van der Waals surface area (Å²) < 4.78 is 5.83. The lowest BCUT2D eigenvalue weighted by Crippen LogP contribution is -2.43. The number of pyridine rings is 1. The fraction of sp³-hybridized carbons (Fsp3) is 0.400. The van der Waals surface area contributed by atoms with Crippen LogP contribution in [0, 0.1) is 5.92 Å². The molecule has 27 heavy (non-hydrogen) atoms. The third-order valence-electron chi connectivity index (χ3n) is 4.07. The molecule has 0 bridgehead atoms. The second-order valence-electron chi connectivity index (χ2n) is 7.43. The van der Waals surface area contributed by atoms with Crippen molar-refractivity contribution in [3.63, 3.8) is 0 Å². The molecule has 1 aromatic heterocycles. The number of amides is 1. The van der Waals surface area contributed by atoms with Crippen molar-refractivity contribution in [1.82, 2.24) is 4.98 Å². The van der Waals surface area contributed by atoms with Gasteiger partial charge in [0, 0.05) is 18.8 Å². The number of benzene rings is 1. The van der Waals surface area contributed by atoms with Crippen LogP contribution >= 0.6 is 11.6 Å². The van der Waals surface area contributed by atoms with E-state index in [0.717, 1.165) is 22.4 Å². The van der Waals surface area contributed by atoms with E-state index in [1.165, 1.54) is 7.05 Å². The van der Waals surface area contributed by atoms with Crippen molar-refractivity contribution in [2.24, 2.45) is 11.7 Å². The maximum Gasteiger partial charge on any atom is 0.412 e. The second-order valence-corrected chi connectivity index (χ2v) is 7.84. The van der Waals surface area contributed by atoms with E-state index >= 15 is 0 Å². The Morgan fingerprint density at radius 1 is 1.33 bits per heavy atom. The van der Waals surface area contributed by atoms with Crippen molar-refractivity contribution >= 4 is 23.5 Å². The van der Waals surface area contributed by atoms with E-state index in [4.69, 9.17) is 27.2 Å². The van der Waals surface area contributed by atoms with Crippen LogP contribution in [-0.2, 0) is 0 Å². The van der Waals surface area contributed by atoms with Crippen LogP contribution < -0.4 is 15.4 Å². The zero-order valence-electron chi connectivity index (χ0n) is 16.1. The van der Waals surface area contributed by atoms with Gasteiger partial charge in [-0.1, -0.05) is 31.5 Å². The lowest BCUT2D eigenvalue weighted by atomic mass is 9.93. The maximum atomic E-state index is 11.1. The summed E-state index contributed by atoms with van der Waals surface area (Å²) in [5, 5.41) is 9.56. The van der Waals surface area contributed by atoms with Crippen molar-refractivity contribution < 1.29 is 14.6 Å². The number of nitrogens with two attached hydrogens (primary N) is 1. The van der Waals surface area contributed by atoms with Gasteiger partial charge in [0.2, 0.25) is 0 Å². The average Bonchev–Trinajstić information content (AvgIpc) is 2.59. The fourth-order valence-corrected chi connectivity index (χ4v) is 3.15. The highest BCUT2D eigenvalue weighted by atomic mass is 35.5. The first-order valence-corrected chi connectivity index (χ1v) is 9.11. The number of ether oxygens (including phenoxy) is 1. The SMILES string of the molecule is CC(C)CC(C)(N)COc1ccc(-c2ccnc(N(C)C(=O)O)c2)cc1Cl. The van der Waals surface area contributed by atoms with Gasteiger partial charge in [-0.3, -0.25) is 4.90 Å². The Balaban J connectivity index is 2.17. The van der Waals surface area contributed by atoms with Gasteiger partial charge in [-0.15, -0.1) is 0 Å². The van der Waals surface area contributed by atoms with Crippen LogP contribution in [0.1, 0.15) is 27.2 Å². The minimum atomic E-state index is -1.08. The molecule has 2 aromatic rings. The predicted octanol–water partition coefficient (Wildman–Crippen LogP) is 4.66. The van der Waals surface area contributed by atoms with Crippen LogP contribution in [0.25, 0.3) is 11.1 Å². The van der Waals surface area contributed by atoms with Gasteiger partial charge in [0.15, 0.2) is 0 Å². The summed E-state index contributed by atoms with van der Waals surface area (Å²) in [6.45, 7) is 6.58. The minimum Gasteiger partial charge on any atom is -0.490 e. The number of anilines is 1. The predicted molar refractivity (Wildman–Crippen MR) is 109 cm³/mol. The van der Waals surface area contributed by atoms with E-state index in [9.17, 15) is 4.79 Å². The van der Waals surface area contributed by atoms with Crippen LogP contribution in [-0.4, -0.2) is 35.4 Å². The molecule has 0 saturated heterocycles. The Hall–Kier alpha value is -2.31. The molecule has 0 radical (unpaired) electrons. The molecule has 0 saturated carbocycles. The summed E-state index contributed by atoms with van der Waals surface area (Å²) >= 11 is 6.38. The van der Waals surface area contributed by atoms with Gasteiger partial charge in [0.1, 0.15) is 18.2 Å². The quantitative estimate of drug-likeness (QED) is 0.716. The molecule has 6 nitrogen and oxygen atoms in total. The Bertz CT molecular complexity index is 809. The molecule has 1 amide bonds. The minimum absolute atomic E-state index is 0.337. The molecule has 0 aliphatic heterocycles. The van der Waals surface area contributed by atoms with E-state index in [2.05, 4.69) is 18.8 Å². The Morgan fingerprint density at radius 2 is 2.00 bits per heavy atom. The van der Waals surface area contributed by atoms with Crippen molar-refractivity contribution in [1.29, 1.82) is 0 Å². The smallest absolute Gasteiger partial charge is 0.412 e. The van der Waals surface area contributed by atoms with Gasteiger partial charge in [-0.2, -0.15) is 0 Å². The highest BCUT2D eigenvalue weighted by Crippen LogP contribution is 2.32. The highest BCUT2D eigenvalue weighted by Gasteiger charge is 2.21. The molecule has 0 aliphatic carbocycles. The molecule has 2 rings (SSSR count). The number of halogens is 1. The molecule has 1 unspecified atom stereocenters. The van der Waals surface area contributed by atoms with Gasteiger partial charge < -0.3 is 15.6 Å². The Labute approximate surface area is 164 Å². The number of aromatic nitrogens is 1. The monoisotopic (exact) mass is 391 g/mol. The fourth-order valence-electron chi connectivity index (χ4n) is 2.91. The van der Waals surface area contributed by atoms with Crippen LogP contribution in [0.5, 0.6) is 5.75 Å². The summed E-state index contributed by atoms with van der Waals surface area (Å²) in [5.74, 6) is 1.38. The topological polar surface area (TPSA) is 88.7 Å². The molecule has 0 spiro atoms. The first-order chi connectivity index (χ1) is 12.6. The average molecular weight is 392 g/mol. The van der Waals surface area contributed by atoms with E-state index in [1.54, 1.807) is 30.5 Å². The summed E-state index contributed by atoms with van der Waals surface area (Å²) in [4.78, 5) is 16.2. The van der Waals surface area contributed by atoms with Crippen molar-refractivity contribution in [2.75, 3.05) is 18.6 Å². The van der Waals surface area contributed by atoms with Crippen molar-refractivity contribution in [2.45, 2.75) is 32.7 Å². The van der Waals surface area contributed by atoms with Crippen molar-refractivity contribution in [3.8, 4) is 16.9 Å². The molecule has 0 fully saturated rings. The molecular formula is C20H26ClN3O3. The first-order valence-electron chi connectivity index (χ1n) is 8.73. The zero-order chi connectivity index (χ0) is 20.2. The Kier molecular flexibility index (Phi) is 6.68. The normalized spacial score (nSPS) is 13.3. The van der Waals surface area contributed by atoms with Crippen LogP contribution in [0.15, 0.2) is 36.5 Å². The zero-order valence-corrected chi connectivity index (χ0v) is 16.8. The number of carboxylic acid groups (broad SMARTS) is 1. The third kappa shape index (κ3) is 5.84. The molecule has 1 heterocycles. The maximum absolute atomic E-state index is 11.1. The number of carbonyl (C=O) groups is 1. The van der Waals surface area contributed by atoms with E-state index < -0.39 is 11.6 Å². The lowest BCUT2D eigenvalue weighted by Gasteiger charge is -2.26. The molecule has 1 atom stereocenters. The van der Waals surface area contributed by atoms with E-state index in [0.29, 0.717) is 29.1 Å². The molecule has 146 valence electrons. The molecule has 7 heteroatoms. The number of hydrogen-bond acceptors (Lipinski definition) is 4. The summed E-state index contributed by atoms with van der Waals surface area (Å²) in [6, 6.07) is 8.94. The molecule has 3 N–H and O–H groups in total. The van der Waals surface area contributed by atoms with Gasteiger partial charge >= 0.3 is 6.09 Å². The first kappa shape index (κ1) is 21.0. The van der Waals surface area contributed by atoms with Crippen LogP contribution in [0.3, 0.4) is 0 Å². The van der Waals surface area contributed by atoms with E-state index in [-0.39, 0.29) is 0 Å². The highest BCUT2D eigenvalue weighted by molar-refractivity contribution is 6.32. The van der Waals surface area contributed by atoms with Crippen molar-refractivity contribution in [3.05, 3.63) is 41.6 Å². The van der Waals surface area contributed by atoms with Gasteiger partial charge in [0.05, 0.1) is 5.02 Å². The lowest BCUT2D eigenvalue weighted by molar-refractivity contribution is 0.203. The molecule has 0 aliphatic rings. The number of nitrogens with zero attached hydrogens (tertiary/aromatic N) is 2. The van der Waals surface area contributed by atoms with Crippen LogP contribution in [0.4, 0.5) is 10.6 Å². The van der Waals surface area contributed by atoms with Gasteiger partial charge in [-0.25, -0.2) is 9.78 Å². The largest absolute Gasteiger partial charge is 0.490 e. The number of hydrogen-bond donors (Lipinski definition) is 2. The van der Waals surface area contributed by atoms with Gasteiger partial charge in [0.25, 0.3) is 0 Å². The standard InChI is InChI=1S/C20H26ClN3O3/c1-13(2)11-20(3,22)12-27-17-6-5-14(9-16(17)21)15-7-8-23-18(10-15)24(4)19(25)26/h5-10,13H,11-12,22H2,1-4H3,(H,25,26). The summed E-state index contributed by atoms with van der Waals surface area (Å²) in [5.41, 5.74) is 7.50. The molecular weight excluding hydrogens is 366 g/mol. The summed E-state index contributed by atoms with van der Waals surface area (Å²) in [6.07, 6.45) is 1.33.